The van der Waals surface area contributed by atoms with E-state index in [0.717, 1.165) is 6.07 Å². The van der Waals surface area contributed by atoms with Crippen LogP contribution in [0.2, 0.25) is 0 Å². The third kappa shape index (κ3) is 3.38. The lowest BCUT2D eigenvalue weighted by atomic mass is 10.2. The lowest BCUT2D eigenvalue weighted by Gasteiger charge is -2.13. The zero-order valence-electron chi connectivity index (χ0n) is 11.0. The molecule has 7 nitrogen and oxygen atoms in total. The summed E-state index contributed by atoms with van der Waals surface area (Å²) in [6.07, 6.45) is 1.57. The van der Waals surface area contributed by atoms with Gasteiger partial charge in [-0.3, -0.25) is 0 Å². The molecule has 2 rings (SSSR count). The first-order valence-electron chi connectivity index (χ1n) is 5.86. The minimum atomic E-state index is -4.00. The quantitative estimate of drug-likeness (QED) is 0.715. The molecule has 0 bridgehead atoms. The Balaban J connectivity index is 2.38. The van der Waals surface area contributed by atoms with E-state index in [9.17, 15) is 13.2 Å². The van der Waals surface area contributed by atoms with E-state index in [1.807, 2.05) is 0 Å². The molecule has 9 heteroatoms. The molecule has 1 atom stereocenters. The summed E-state index contributed by atoms with van der Waals surface area (Å²) in [6, 6.07) is 3.07. The summed E-state index contributed by atoms with van der Waals surface area (Å²) in [6.45, 7) is 1.63. The standard InChI is InChI=1S/C12H13N3O4S2/c1-7(11-14-4-5-20-11)15-21(18,19)10-3-2-8(13)6-9(10)12(16)17/h2-7,15H,13H2,1H3,(H,16,17). The van der Waals surface area contributed by atoms with Crippen molar-refractivity contribution in [2.24, 2.45) is 0 Å². The smallest absolute Gasteiger partial charge is 0.337 e. The van der Waals surface area contributed by atoms with Crippen LogP contribution >= 0.6 is 11.3 Å². The van der Waals surface area contributed by atoms with Crippen LogP contribution in [0.4, 0.5) is 5.69 Å². The third-order valence-electron chi connectivity index (χ3n) is 2.68. The van der Waals surface area contributed by atoms with Gasteiger partial charge in [-0.2, -0.15) is 0 Å². The average Bonchev–Trinajstić information content (AvgIpc) is 2.91. The van der Waals surface area contributed by atoms with Gasteiger partial charge < -0.3 is 10.8 Å². The van der Waals surface area contributed by atoms with E-state index in [4.69, 9.17) is 10.8 Å². The zero-order chi connectivity index (χ0) is 15.6. The topological polar surface area (TPSA) is 122 Å². The second kappa shape index (κ2) is 5.80. The van der Waals surface area contributed by atoms with E-state index in [-0.39, 0.29) is 16.1 Å². The van der Waals surface area contributed by atoms with Gasteiger partial charge in [0.2, 0.25) is 10.0 Å². The van der Waals surface area contributed by atoms with Gasteiger partial charge in [0.1, 0.15) is 5.01 Å². The zero-order valence-corrected chi connectivity index (χ0v) is 12.6. The number of hydrogen-bond acceptors (Lipinski definition) is 6. The number of sulfonamides is 1. The number of anilines is 1. The third-order valence-corrected chi connectivity index (χ3v) is 5.23. The molecule has 0 fully saturated rings. The Morgan fingerprint density at radius 2 is 2.19 bits per heavy atom. The second-order valence-electron chi connectivity index (χ2n) is 4.27. The van der Waals surface area contributed by atoms with Crippen LogP contribution in [0.25, 0.3) is 0 Å². The molecule has 112 valence electrons. The number of aromatic carboxylic acids is 1. The molecule has 4 N–H and O–H groups in total. The molecule has 1 heterocycles. The molecule has 1 aromatic heterocycles. The second-order valence-corrected chi connectivity index (χ2v) is 6.88. The number of nitrogen functional groups attached to an aromatic ring is 1. The van der Waals surface area contributed by atoms with E-state index in [1.54, 1.807) is 18.5 Å². The van der Waals surface area contributed by atoms with Gasteiger partial charge in [0, 0.05) is 17.3 Å². The first kappa shape index (κ1) is 15.4. The number of nitrogens with one attached hydrogen (secondary N) is 1. The van der Waals surface area contributed by atoms with E-state index < -0.39 is 22.0 Å². The van der Waals surface area contributed by atoms with Gasteiger partial charge in [0.15, 0.2) is 0 Å². The highest BCUT2D eigenvalue weighted by molar-refractivity contribution is 7.89. The molecule has 0 amide bonds. The van der Waals surface area contributed by atoms with Crippen molar-refractivity contribution in [3.8, 4) is 0 Å². The fourth-order valence-corrected chi connectivity index (χ4v) is 3.85. The number of carbonyl (C=O) groups is 1. The van der Waals surface area contributed by atoms with Crippen molar-refractivity contribution >= 4 is 33.0 Å². The van der Waals surface area contributed by atoms with Crippen molar-refractivity contribution in [2.75, 3.05) is 5.73 Å². The molecule has 0 aliphatic heterocycles. The highest BCUT2D eigenvalue weighted by Gasteiger charge is 2.25. The number of aromatic nitrogens is 1. The summed E-state index contributed by atoms with van der Waals surface area (Å²) in [5.74, 6) is -1.36. The molecule has 0 saturated carbocycles. The number of rotatable bonds is 5. The lowest BCUT2D eigenvalue weighted by Crippen LogP contribution is -2.28. The SMILES string of the molecule is CC(NS(=O)(=O)c1ccc(N)cc1C(=O)O)c1nccs1. The predicted octanol–water partition coefficient (Wildman–Crippen LogP) is 1.46. The predicted molar refractivity (Wildman–Crippen MR) is 78.7 cm³/mol. The number of benzene rings is 1. The molecule has 0 aliphatic carbocycles. The molecule has 0 spiro atoms. The minimum absolute atomic E-state index is 0.180. The van der Waals surface area contributed by atoms with Crippen LogP contribution < -0.4 is 10.5 Å². The molecular formula is C12H13N3O4S2. The molecular weight excluding hydrogens is 314 g/mol. The van der Waals surface area contributed by atoms with Crippen LogP contribution in [0.5, 0.6) is 0 Å². The first-order chi connectivity index (χ1) is 9.81. The molecule has 0 saturated heterocycles. The average molecular weight is 327 g/mol. The van der Waals surface area contributed by atoms with Gasteiger partial charge in [-0.1, -0.05) is 0 Å². The summed E-state index contributed by atoms with van der Waals surface area (Å²) in [7, 11) is -4.00. The fourth-order valence-electron chi connectivity index (χ4n) is 1.74. The Morgan fingerprint density at radius 3 is 2.76 bits per heavy atom. The van der Waals surface area contributed by atoms with Crippen molar-refractivity contribution in [3.05, 3.63) is 40.3 Å². The number of carboxylic acid groups (broad SMARTS) is 1. The van der Waals surface area contributed by atoms with E-state index >= 15 is 0 Å². The minimum Gasteiger partial charge on any atom is -0.478 e. The summed E-state index contributed by atoms with van der Waals surface area (Å²) in [5.41, 5.74) is 5.31. The summed E-state index contributed by atoms with van der Waals surface area (Å²) >= 11 is 1.31. The van der Waals surface area contributed by atoms with Crippen molar-refractivity contribution in [1.82, 2.24) is 9.71 Å². The van der Waals surface area contributed by atoms with Crippen LogP contribution in [-0.4, -0.2) is 24.5 Å². The number of nitrogens with zero attached hydrogens (tertiary/aromatic N) is 1. The van der Waals surface area contributed by atoms with Crippen molar-refractivity contribution in [1.29, 1.82) is 0 Å². The first-order valence-corrected chi connectivity index (χ1v) is 8.22. The number of nitrogens with two attached hydrogens (primary N) is 1. The molecule has 21 heavy (non-hydrogen) atoms. The Kier molecular flexibility index (Phi) is 4.26. The Labute approximate surface area is 125 Å². The van der Waals surface area contributed by atoms with Gasteiger partial charge in [0.25, 0.3) is 0 Å². The Hall–Kier alpha value is -1.97. The van der Waals surface area contributed by atoms with Gasteiger partial charge in [-0.25, -0.2) is 22.9 Å². The lowest BCUT2D eigenvalue weighted by molar-refractivity contribution is 0.0692. The highest BCUT2D eigenvalue weighted by atomic mass is 32.2. The molecule has 1 unspecified atom stereocenters. The highest BCUT2D eigenvalue weighted by Crippen LogP contribution is 2.22. The summed E-state index contributed by atoms with van der Waals surface area (Å²) < 4.78 is 27.1. The molecule has 2 aromatic rings. The Bertz CT molecular complexity index is 757. The molecule has 0 radical (unpaired) electrons. The summed E-state index contributed by atoms with van der Waals surface area (Å²) in [4.78, 5) is 14.9. The van der Waals surface area contributed by atoms with Crippen molar-refractivity contribution in [2.45, 2.75) is 17.9 Å². The number of carboxylic acids is 1. The number of thiazole rings is 1. The van der Waals surface area contributed by atoms with E-state index in [2.05, 4.69) is 9.71 Å². The van der Waals surface area contributed by atoms with Gasteiger partial charge >= 0.3 is 5.97 Å². The van der Waals surface area contributed by atoms with E-state index in [0.29, 0.717) is 5.01 Å². The van der Waals surface area contributed by atoms with Crippen LogP contribution in [0.3, 0.4) is 0 Å². The summed E-state index contributed by atoms with van der Waals surface area (Å²) in [5, 5.41) is 11.4. The number of hydrogen-bond donors (Lipinski definition) is 3. The van der Waals surface area contributed by atoms with Crippen molar-refractivity contribution in [3.63, 3.8) is 0 Å². The Morgan fingerprint density at radius 1 is 1.48 bits per heavy atom. The van der Waals surface area contributed by atoms with Gasteiger partial charge in [-0.15, -0.1) is 11.3 Å². The van der Waals surface area contributed by atoms with Crippen LogP contribution in [-0.2, 0) is 10.0 Å². The van der Waals surface area contributed by atoms with Gasteiger partial charge in [-0.05, 0) is 25.1 Å². The molecule has 0 aliphatic rings. The van der Waals surface area contributed by atoms with Crippen molar-refractivity contribution < 1.29 is 18.3 Å². The van der Waals surface area contributed by atoms with Crippen LogP contribution in [0.15, 0.2) is 34.7 Å². The maximum absolute atomic E-state index is 12.3. The van der Waals surface area contributed by atoms with E-state index in [1.165, 1.54) is 23.5 Å². The van der Waals surface area contributed by atoms with Gasteiger partial charge in [0.05, 0.1) is 16.5 Å². The molecule has 1 aromatic carbocycles. The largest absolute Gasteiger partial charge is 0.478 e. The monoisotopic (exact) mass is 327 g/mol. The van der Waals surface area contributed by atoms with Crippen LogP contribution in [0.1, 0.15) is 28.3 Å². The maximum Gasteiger partial charge on any atom is 0.337 e. The van der Waals surface area contributed by atoms with Crippen LogP contribution in [0, 0.1) is 0 Å². The normalized spacial score (nSPS) is 13.0. The fraction of sp³-hybridized carbons (Fsp3) is 0.167. The maximum atomic E-state index is 12.3.